The first-order valence-corrected chi connectivity index (χ1v) is 14.2. The fraction of sp³-hybridized carbons (Fsp3) is 0.483. The second-order valence-electron chi connectivity index (χ2n) is 11.2. The Morgan fingerprint density at radius 3 is 2.27 bits per heavy atom. The van der Waals surface area contributed by atoms with Gasteiger partial charge in [-0.05, 0) is 67.0 Å². The zero-order valence-electron chi connectivity index (χ0n) is 24.6. The van der Waals surface area contributed by atoms with E-state index in [2.05, 4.69) is 5.32 Å². The molecule has 1 aliphatic heterocycles. The van der Waals surface area contributed by atoms with Gasteiger partial charge in [-0.3, -0.25) is 14.4 Å². The maximum absolute atomic E-state index is 15.1. The van der Waals surface area contributed by atoms with Crippen molar-refractivity contribution < 1.29 is 41.6 Å². The maximum atomic E-state index is 15.1. The highest BCUT2D eigenvalue weighted by Gasteiger charge is 2.41. The molecular weight excluding hydrogens is 585 g/mol. The minimum absolute atomic E-state index is 0.0597. The summed E-state index contributed by atoms with van der Waals surface area (Å²) in [5.41, 5.74) is 16.2. The Balaban J connectivity index is 1.79. The van der Waals surface area contributed by atoms with Gasteiger partial charge in [0.15, 0.2) is 5.78 Å². The number of ketones is 1. The van der Waals surface area contributed by atoms with Gasteiger partial charge in [0.1, 0.15) is 5.82 Å². The quantitative estimate of drug-likeness (QED) is 0.149. The van der Waals surface area contributed by atoms with Gasteiger partial charge in [0.2, 0.25) is 11.8 Å². The predicted octanol–water partition coefficient (Wildman–Crippen LogP) is 0.490. The first-order chi connectivity index (χ1) is 20.6. The lowest BCUT2D eigenvalue weighted by molar-refractivity contribution is -0.137. The van der Waals surface area contributed by atoms with Crippen LogP contribution in [0.5, 0.6) is 0 Å². The highest BCUT2D eigenvalue weighted by Crippen LogP contribution is 2.31. The van der Waals surface area contributed by atoms with Gasteiger partial charge >= 0.3 is 13.3 Å². The van der Waals surface area contributed by atoms with E-state index in [4.69, 9.17) is 21.9 Å². The molecule has 2 atom stereocenters. The van der Waals surface area contributed by atoms with Gasteiger partial charge in [-0.15, -0.1) is 0 Å². The van der Waals surface area contributed by atoms with Crippen LogP contribution in [0.15, 0.2) is 36.4 Å². The van der Waals surface area contributed by atoms with E-state index in [1.807, 2.05) is 0 Å². The topological polar surface area (TPSA) is 174 Å². The lowest BCUT2D eigenvalue weighted by Gasteiger charge is -2.23. The molecule has 0 unspecified atom stereocenters. The van der Waals surface area contributed by atoms with Gasteiger partial charge < -0.3 is 37.1 Å². The summed E-state index contributed by atoms with van der Waals surface area (Å²) in [4.78, 5) is 40.5. The number of carbonyl (C=O) groups is 3. The fourth-order valence-electron chi connectivity index (χ4n) is 5.05. The number of rotatable bonds is 14. The van der Waals surface area contributed by atoms with Crippen molar-refractivity contribution >= 4 is 30.2 Å². The molecule has 240 valence electrons. The SMILES string of the molecule is CC1(C)OB(O)c2cc(CC(=O)[C@@H](Cc3ccc(C(F)(F)F)cc3)NC(=O)[C@@H](N)CCC(=O)N(CCN)CCN)c(F)cc21. The van der Waals surface area contributed by atoms with Gasteiger partial charge in [-0.1, -0.05) is 18.2 Å². The van der Waals surface area contributed by atoms with Gasteiger partial charge in [0.05, 0.1) is 23.2 Å². The van der Waals surface area contributed by atoms with Gasteiger partial charge in [0, 0.05) is 39.0 Å². The number of benzene rings is 2. The molecule has 0 saturated heterocycles. The number of nitrogens with one attached hydrogen (secondary N) is 1. The predicted molar refractivity (Wildman–Crippen MR) is 156 cm³/mol. The minimum Gasteiger partial charge on any atom is -0.423 e. The Kier molecular flexibility index (Phi) is 11.7. The minimum atomic E-state index is -4.57. The molecule has 2 amide bonds. The Morgan fingerprint density at radius 2 is 1.70 bits per heavy atom. The number of nitrogens with zero attached hydrogens (tertiary/aromatic N) is 1. The lowest BCUT2D eigenvalue weighted by atomic mass is 9.77. The van der Waals surface area contributed by atoms with Crippen molar-refractivity contribution in [3.05, 3.63) is 64.5 Å². The molecule has 44 heavy (non-hydrogen) atoms. The number of amides is 2. The first kappa shape index (κ1) is 35.1. The van der Waals surface area contributed by atoms with Crippen LogP contribution >= 0.6 is 0 Å². The molecule has 0 radical (unpaired) electrons. The number of halogens is 4. The van der Waals surface area contributed by atoms with Gasteiger partial charge in [-0.2, -0.15) is 13.2 Å². The highest BCUT2D eigenvalue weighted by atomic mass is 19.4. The molecule has 0 spiro atoms. The van der Waals surface area contributed by atoms with Crippen molar-refractivity contribution in [3.63, 3.8) is 0 Å². The zero-order chi connectivity index (χ0) is 32.8. The van der Waals surface area contributed by atoms with E-state index in [1.54, 1.807) is 13.8 Å². The molecule has 10 nitrogen and oxygen atoms in total. The summed E-state index contributed by atoms with van der Waals surface area (Å²) in [5.74, 6) is -2.45. The number of nitrogens with two attached hydrogens (primary N) is 3. The Hall–Kier alpha value is -3.37. The van der Waals surface area contributed by atoms with Crippen LogP contribution in [0.1, 0.15) is 48.9 Å². The molecule has 2 aromatic rings. The van der Waals surface area contributed by atoms with Crippen LogP contribution in [0.4, 0.5) is 17.6 Å². The number of alkyl halides is 3. The molecule has 1 aliphatic rings. The van der Waals surface area contributed by atoms with E-state index < -0.39 is 60.5 Å². The number of carbonyl (C=O) groups excluding carboxylic acids is 3. The summed E-state index contributed by atoms with van der Waals surface area (Å²) in [6.45, 7) is 4.32. The second-order valence-corrected chi connectivity index (χ2v) is 11.2. The van der Waals surface area contributed by atoms with Crippen LogP contribution in [0, 0.1) is 5.82 Å². The summed E-state index contributed by atoms with van der Waals surface area (Å²) < 4.78 is 59.8. The average Bonchev–Trinajstić information content (AvgIpc) is 3.17. The van der Waals surface area contributed by atoms with Crippen molar-refractivity contribution in [2.45, 2.75) is 63.4 Å². The van der Waals surface area contributed by atoms with Crippen LogP contribution in [-0.4, -0.2) is 72.9 Å². The van der Waals surface area contributed by atoms with E-state index in [9.17, 15) is 32.6 Å². The monoisotopic (exact) mass is 623 g/mol. The normalized spacial score (nSPS) is 15.5. The Bertz CT molecular complexity index is 1340. The van der Waals surface area contributed by atoms with Crippen molar-refractivity contribution in [3.8, 4) is 0 Å². The zero-order valence-corrected chi connectivity index (χ0v) is 24.6. The van der Waals surface area contributed by atoms with E-state index in [1.165, 1.54) is 29.2 Å². The van der Waals surface area contributed by atoms with Crippen molar-refractivity contribution in [2.75, 3.05) is 26.2 Å². The van der Waals surface area contributed by atoms with Crippen LogP contribution < -0.4 is 28.0 Å². The summed E-state index contributed by atoms with van der Waals surface area (Å²) in [5, 5.41) is 12.8. The molecule has 8 N–H and O–H groups in total. The summed E-state index contributed by atoms with van der Waals surface area (Å²) in [7, 11) is -1.33. The molecule has 15 heteroatoms. The molecule has 0 fully saturated rings. The van der Waals surface area contributed by atoms with Crippen LogP contribution in [0.3, 0.4) is 0 Å². The van der Waals surface area contributed by atoms with Crippen LogP contribution in [0.25, 0.3) is 0 Å². The van der Waals surface area contributed by atoms with Crippen LogP contribution in [0.2, 0.25) is 0 Å². The van der Waals surface area contributed by atoms with E-state index in [0.717, 1.165) is 12.1 Å². The molecule has 0 aliphatic carbocycles. The smallest absolute Gasteiger partial charge is 0.423 e. The fourth-order valence-corrected chi connectivity index (χ4v) is 5.05. The molecular formula is C29H38BF4N5O5. The first-order valence-electron chi connectivity index (χ1n) is 14.2. The van der Waals surface area contributed by atoms with E-state index in [-0.39, 0.29) is 56.9 Å². The van der Waals surface area contributed by atoms with Gasteiger partial charge in [-0.25, -0.2) is 4.39 Å². The molecule has 2 aromatic carbocycles. The third-order valence-corrected chi connectivity index (χ3v) is 7.49. The summed E-state index contributed by atoms with van der Waals surface area (Å²) in [6, 6.07) is 4.09. The summed E-state index contributed by atoms with van der Waals surface area (Å²) in [6.07, 6.45) is -5.43. The third-order valence-electron chi connectivity index (χ3n) is 7.49. The van der Waals surface area contributed by atoms with Crippen molar-refractivity contribution in [1.29, 1.82) is 0 Å². The number of fused-ring (bicyclic) bond motifs is 1. The van der Waals surface area contributed by atoms with Crippen molar-refractivity contribution in [1.82, 2.24) is 10.2 Å². The molecule has 0 aromatic heterocycles. The van der Waals surface area contributed by atoms with E-state index >= 15 is 4.39 Å². The van der Waals surface area contributed by atoms with Gasteiger partial charge in [0.25, 0.3) is 0 Å². The molecule has 0 bridgehead atoms. The van der Waals surface area contributed by atoms with E-state index in [0.29, 0.717) is 16.6 Å². The second kappa shape index (κ2) is 14.6. The maximum Gasteiger partial charge on any atom is 0.492 e. The average molecular weight is 623 g/mol. The molecule has 0 saturated carbocycles. The summed E-state index contributed by atoms with van der Waals surface area (Å²) >= 11 is 0. The van der Waals surface area contributed by atoms with Crippen LogP contribution in [-0.2, 0) is 43.7 Å². The third kappa shape index (κ3) is 8.85. The Morgan fingerprint density at radius 1 is 1.09 bits per heavy atom. The van der Waals surface area contributed by atoms with Crippen molar-refractivity contribution in [2.24, 2.45) is 17.2 Å². The standard InChI is InChI=1S/C29H38BF4N5O5/c1-28(2)20-16-22(31)18(14-21(20)30(43)44-28)15-25(40)24(13-17-3-5-19(6-4-17)29(32,33)34)38-27(42)23(37)7-8-26(41)39(11-9-35)12-10-36/h3-6,14,16,23-24,43H,7-13,15,35-37H2,1-2H3,(H,38,42)/t23-,24+/m0/s1. The lowest BCUT2D eigenvalue weighted by Crippen LogP contribution is -2.50. The number of Topliss-reactive ketones (excluding diaryl/α,β-unsaturated/α-hetero) is 1. The molecule has 1 heterocycles. The number of hydrogen-bond acceptors (Lipinski definition) is 8. The largest absolute Gasteiger partial charge is 0.492 e. The Labute approximate surface area is 253 Å². The highest BCUT2D eigenvalue weighted by molar-refractivity contribution is 6.62. The molecule has 3 rings (SSSR count). The number of hydrogen-bond donors (Lipinski definition) is 5.